The third-order valence-electron chi connectivity index (χ3n) is 5.49. The van der Waals surface area contributed by atoms with Gasteiger partial charge in [0.05, 0.1) is 24.1 Å². The van der Waals surface area contributed by atoms with Crippen molar-refractivity contribution < 1.29 is 22.7 Å². The number of hydrogen-bond acceptors (Lipinski definition) is 5. The molecule has 2 rings (SSSR count). The molecule has 0 aliphatic heterocycles. The van der Waals surface area contributed by atoms with Gasteiger partial charge in [-0.15, -0.1) is 0 Å². The summed E-state index contributed by atoms with van der Waals surface area (Å²) < 4.78 is 31.2. The standard InChI is InChI=1S/C25H34ClN3O5S/c1-5-15-27-25(31)19(2)28(18-20-10-7-6-8-11-20)24(30)12-9-16-29(35(4,32)33)21-13-14-23(34-3)22(26)17-21/h6-8,10-11,13-14,17,19H,5,9,12,15-16,18H2,1-4H3,(H,27,31)/t19-/m0/s1. The fourth-order valence-corrected chi connectivity index (χ4v) is 4.78. The van der Waals surface area contributed by atoms with Crippen LogP contribution in [-0.4, -0.2) is 57.6 Å². The first-order valence-corrected chi connectivity index (χ1v) is 13.7. The van der Waals surface area contributed by atoms with Crippen molar-refractivity contribution in [2.24, 2.45) is 0 Å². The van der Waals surface area contributed by atoms with Gasteiger partial charge in [-0.1, -0.05) is 48.9 Å². The van der Waals surface area contributed by atoms with E-state index in [-0.39, 0.29) is 42.8 Å². The molecule has 0 aromatic heterocycles. The smallest absolute Gasteiger partial charge is 0.242 e. The molecule has 2 aromatic rings. The molecule has 0 heterocycles. The number of nitrogens with one attached hydrogen (secondary N) is 1. The van der Waals surface area contributed by atoms with E-state index in [1.165, 1.54) is 22.4 Å². The minimum absolute atomic E-state index is 0.0775. The summed E-state index contributed by atoms with van der Waals surface area (Å²) in [5, 5.41) is 3.13. The Morgan fingerprint density at radius 2 is 1.83 bits per heavy atom. The van der Waals surface area contributed by atoms with Crippen LogP contribution in [0.5, 0.6) is 5.75 Å². The number of sulfonamides is 1. The molecule has 192 valence electrons. The number of methoxy groups -OCH3 is 1. The van der Waals surface area contributed by atoms with Gasteiger partial charge in [0.2, 0.25) is 21.8 Å². The van der Waals surface area contributed by atoms with Crippen LogP contribution in [0.2, 0.25) is 5.02 Å². The summed E-state index contributed by atoms with van der Waals surface area (Å²) in [7, 11) is -2.14. The highest BCUT2D eigenvalue weighted by atomic mass is 35.5. The molecular weight excluding hydrogens is 490 g/mol. The predicted octanol–water partition coefficient (Wildman–Crippen LogP) is 3.84. The van der Waals surface area contributed by atoms with Crippen LogP contribution >= 0.6 is 11.6 Å². The maximum Gasteiger partial charge on any atom is 0.242 e. The van der Waals surface area contributed by atoms with E-state index in [1.807, 2.05) is 37.3 Å². The lowest BCUT2D eigenvalue weighted by molar-refractivity contribution is -0.140. The maximum atomic E-state index is 13.2. The van der Waals surface area contributed by atoms with Crippen molar-refractivity contribution in [2.75, 3.05) is 30.8 Å². The molecule has 1 N–H and O–H groups in total. The van der Waals surface area contributed by atoms with Crippen LogP contribution in [0.15, 0.2) is 48.5 Å². The lowest BCUT2D eigenvalue weighted by Gasteiger charge is -2.29. The molecule has 0 fully saturated rings. The molecule has 2 aromatic carbocycles. The summed E-state index contributed by atoms with van der Waals surface area (Å²) in [6, 6.07) is 13.5. The van der Waals surface area contributed by atoms with E-state index in [2.05, 4.69) is 5.32 Å². The highest BCUT2D eigenvalue weighted by Crippen LogP contribution is 2.30. The van der Waals surface area contributed by atoms with Crippen LogP contribution < -0.4 is 14.4 Å². The van der Waals surface area contributed by atoms with Crippen molar-refractivity contribution in [2.45, 2.75) is 45.7 Å². The zero-order valence-electron chi connectivity index (χ0n) is 20.7. The van der Waals surface area contributed by atoms with Gasteiger partial charge in [-0.05, 0) is 43.5 Å². The molecule has 0 bridgehead atoms. The van der Waals surface area contributed by atoms with Crippen LogP contribution in [-0.2, 0) is 26.2 Å². The van der Waals surface area contributed by atoms with Crippen LogP contribution in [0, 0.1) is 0 Å². The largest absolute Gasteiger partial charge is 0.495 e. The molecule has 8 nitrogen and oxygen atoms in total. The van der Waals surface area contributed by atoms with Gasteiger partial charge in [-0.2, -0.15) is 0 Å². The van der Waals surface area contributed by atoms with E-state index in [0.29, 0.717) is 18.0 Å². The first-order valence-electron chi connectivity index (χ1n) is 11.5. The number of rotatable bonds is 13. The number of anilines is 1. The maximum absolute atomic E-state index is 13.2. The molecule has 35 heavy (non-hydrogen) atoms. The second-order valence-electron chi connectivity index (χ2n) is 8.23. The minimum Gasteiger partial charge on any atom is -0.495 e. The van der Waals surface area contributed by atoms with Crippen molar-refractivity contribution in [1.82, 2.24) is 10.2 Å². The second-order valence-corrected chi connectivity index (χ2v) is 10.5. The van der Waals surface area contributed by atoms with Crippen molar-refractivity contribution in [3.8, 4) is 5.75 Å². The Bertz CT molecular complexity index is 1100. The summed E-state index contributed by atoms with van der Waals surface area (Å²) >= 11 is 6.18. The number of ether oxygens (including phenoxy) is 1. The minimum atomic E-state index is -3.62. The van der Waals surface area contributed by atoms with Gasteiger partial charge in [0.15, 0.2) is 0 Å². The predicted molar refractivity (Wildman–Crippen MR) is 139 cm³/mol. The van der Waals surface area contributed by atoms with Gasteiger partial charge in [0.1, 0.15) is 11.8 Å². The Kier molecular flexibility index (Phi) is 10.9. The second kappa shape index (κ2) is 13.3. The van der Waals surface area contributed by atoms with E-state index in [4.69, 9.17) is 16.3 Å². The van der Waals surface area contributed by atoms with Crippen molar-refractivity contribution in [3.63, 3.8) is 0 Å². The fraction of sp³-hybridized carbons (Fsp3) is 0.440. The SMILES string of the molecule is CCCNC(=O)[C@H](C)N(Cc1ccccc1)C(=O)CCCN(c1ccc(OC)c(Cl)c1)S(C)(=O)=O. The quantitative estimate of drug-likeness (QED) is 0.430. The van der Waals surface area contributed by atoms with E-state index < -0.39 is 16.1 Å². The number of carbonyl (C=O) groups is 2. The van der Waals surface area contributed by atoms with Gasteiger partial charge in [0, 0.05) is 26.1 Å². The highest BCUT2D eigenvalue weighted by molar-refractivity contribution is 7.92. The van der Waals surface area contributed by atoms with Crippen molar-refractivity contribution in [3.05, 3.63) is 59.1 Å². The summed E-state index contributed by atoms with van der Waals surface area (Å²) in [6.45, 7) is 4.56. The van der Waals surface area contributed by atoms with Crippen molar-refractivity contribution in [1.29, 1.82) is 0 Å². The first kappa shape index (κ1) is 28.5. The number of benzene rings is 2. The number of halogens is 1. The molecule has 10 heteroatoms. The zero-order valence-corrected chi connectivity index (χ0v) is 22.2. The highest BCUT2D eigenvalue weighted by Gasteiger charge is 2.26. The van der Waals surface area contributed by atoms with Crippen LogP contribution in [0.25, 0.3) is 0 Å². The van der Waals surface area contributed by atoms with Gasteiger partial charge in [0.25, 0.3) is 0 Å². The van der Waals surface area contributed by atoms with E-state index in [9.17, 15) is 18.0 Å². The van der Waals surface area contributed by atoms with Crippen LogP contribution in [0.1, 0.15) is 38.7 Å². The van der Waals surface area contributed by atoms with Crippen molar-refractivity contribution >= 4 is 39.1 Å². The molecule has 0 saturated carbocycles. The summed E-state index contributed by atoms with van der Waals surface area (Å²) in [5.41, 5.74) is 1.29. The summed E-state index contributed by atoms with van der Waals surface area (Å²) in [6.07, 6.45) is 2.24. The average Bonchev–Trinajstić information content (AvgIpc) is 2.82. The average molecular weight is 524 g/mol. The van der Waals surface area contributed by atoms with E-state index in [1.54, 1.807) is 19.1 Å². The van der Waals surface area contributed by atoms with Gasteiger partial charge >= 0.3 is 0 Å². The molecule has 0 aliphatic rings. The molecular formula is C25H34ClN3O5S. The zero-order chi connectivity index (χ0) is 26.0. The normalized spacial score (nSPS) is 12.0. The number of amides is 2. The Balaban J connectivity index is 2.15. The van der Waals surface area contributed by atoms with E-state index in [0.717, 1.165) is 18.2 Å². The van der Waals surface area contributed by atoms with Gasteiger partial charge < -0.3 is 15.0 Å². The Morgan fingerprint density at radius 1 is 1.14 bits per heavy atom. The summed E-state index contributed by atoms with van der Waals surface area (Å²) in [4.78, 5) is 27.4. The number of nitrogens with zero attached hydrogens (tertiary/aromatic N) is 2. The topological polar surface area (TPSA) is 96.0 Å². The van der Waals surface area contributed by atoms with Crippen LogP contribution in [0.3, 0.4) is 0 Å². The molecule has 0 unspecified atom stereocenters. The lowest BCUT2D eigenvalue weighted by Crippen LogP contribution is -2.47. The fourth-order valence-electron chi connectivity index (χ4n) is 3.57. The summed E-state index contributed by atoms with van der Waals surface area (Å²) in [5.74, 6) is -0.0121. The molecule has 2 amide bonds. The molecule has 0 aliphatic carbocycles. The van der Waals surface area contributed by atoms with Crippen LogP contribution in [0.4, 0.5) is 5.69 Å². The number of carbonyl (C=O) groups excluding carboxylic acids is 2. The molecule has 0 spiro atoms. The number of hydrogen-bond donors (Lipinski definition) is 1. The van der Waals surface area contributed by atoms with E-state index >= 15 is 0 Å². The third-order valence-corrected chi connectivity index (χ3v) is 6.98. The first-order chi connectivity index (χ1) is 16.6. The Labute approximate surface area is 213 Å². The Hall–Kier alpha value is -2.78. The monoisotopic (exact) mass is 523 g/mol. The Morgan fingerprint density at radius 3 is 2.40 bits per heavy atom. The molecule has 1 atom stereocenters. The van der Waals surface area contributed by atoms with Gasteiger partial charge in [-0.3, -0.25) is 13.9 Å². The lowest BCUT2D eigenvalue weighted by atomic mass is 10.1. The molecule has 0 radical (unpaired) electrons. The van der Waals surface area contributed by atoms with Gasteiger partial charge in [-0.25, -0.2) is 8.42 Å². The molecule has 0 saturated heterocycles. The third kappa shape index (κ3) is 8.43.